The highest BCUT2D eigenvalue weighted by atomic mass is 16.5. The van der Waals surface area contributed by atoms with Gasteiger partial charge >= 0.3 is 0 Å². The van der Waals surface area contributed by atoms with Gasteiger partial charge in [0.05, 0.1) is 24.5 Å². The number of nitrogen functional groups attached to an aromatic ring is 1. The van der Waals surface area contributed by atoms with Crippen molar-refractivity contribution in [2.75, 3.05) is 44.5 Å². The number of carbonyl (C=O) groups is 1. The third-order valence-electron chi connectivity index (χ3n) is 2.60. The number of nitrogens with two attached hydrogens (primary N) is 1. The molecule has 5 nitrogen and oxygen atoms in total. The second-order valence-corrected chi connectivity index (χ2v) is 4.26. The Morgan fingerprint density at radius 1 is 1.50 bits per heavy atom. The van der Waals surface area contributed by atoms with Crippen LogP contribution in [0.2, 0.25) is 0 Å². The monoisotopic (exact) mass is 251 g/mol. The van der Waals surface area contributed by atoms with Gasteiger partial charge in [-0.1, -0.05) is 6.07 Å². The summed E-state index contributed by atoms with van der Waals surface area (Å²) in [4.78, 5) is 13.5. The molecule has 0 aromatic heterocycles. The van der Waals surface area contributed by atoms with E-state index >= 15 is 0 Å². The summed E-state index contributed by atoms with van der Waals surface area (Å²) >= 11 is 0. The normalized spacial score (nSPS) is 10.2. The number of anilines is 2. The van der Waals surface area contributed by atoms with Crippen LogP contribution >= 0.6 is 0 Å². The number of ether oxygens (including phenoxy) is 1. The van der Waals surface area contributed by atoms with Gasteiger partial charge in [-0.3, -0.25) is 4.79 Å². The Hall–Kier alpha value is -1.75. The molecule has 1 amide bonds. The van der Waals surface area contributed by atoms with E-state index in [2.05, 4.69) is 5.32 Å². The molecule has 0 radical (unpaired) electrons. The molecule has 0 bridgehead atoms. The van der Waals surface area contributed by atoms with Gasteiger partial charge in [-0.05, 0) is 24.6 Å². The minimum absolute atomic E-state index is 0.0467. The van der Waals surface area contributed by atoms with Gasteiger partial charge in [0.25, 0.3) is 0 Å². The van der Waals surface area contributed by atoms with Crippen molar-refractivity contribution in [3.05, 3.63) is 23.8 Å². The summed E-state index contributed by atoms with van der Waals surface area (Å²) in [5.41, 5.74) is 8.58. The Bertz CT molecular complexity index is 407. The van der Waals surface area contributed by atoms with Crippen LogP contribution in [0.4, 0.5) is 11.4 Å². The zero-order chi connectivity index (χ0) is 13.5. The average molecular weight is 251 g/mol. The van der Waals surface area contributed by atoms with Crippen molar-refractivity contribution in [2.45, 2.75) is 6.92 Å². The van der Waals surface area contributed by atoms with Crippen LogP contribution in [0.5, 0.6) is 0 Å². The highest BCUT2D eigenvalue weighted by molar-refractivity contribution is 5.82. The van der Waals surface area contributed by atoms with Crippen LogP contribution in [-0.2, 0) is 9.53 Å². The van der Waals surface area contributed by atoms with Crippen LogP contribution in [0.15, 0.2) is 18.2 Å². The molecular weight excluding hydrogens is 230 g/mol. The van der Waals surface area contributed by atoms with Gasteiger partial charge in [0.1, 0.15) is 0 Å². The number of carbonyl (C=O) groups excluding carboxylic acids is 1. The lowest BCUT2D eigenvalue weighted by atomic mass is 10.2. The fraction of sp³-hybridized carbons (Fsp3) is 0.462. The Balaban J connectivity index is 2.54. The number of likely N-dealkylation sites (N-methyl/N-ethyl adjacent to an activating group) is 1. The van der Waals surface area contributed by atoms with Gasteiger partial charge in [-0.2, -0.15) is 0 Å². The number of nitrogens with zero attached hydrogens (tertiary/aromatic N) is 1. The molecule has 0 fully saturated rings. The smallest absolute Gasteiger partial charge is 0.239 e. The number of hydrogen-bond acceptors (Lipinski definition) is 4. The average Bonchev–Trinajstić information content (AvgIpc) is 2.28. The predicted octanol–water partition coefficient (Wildman–Crippen LogP) is 0.776. The van der Waals surface area contributed by atoms with Crippen LogP contribution in [0, 0.1) is 6.92 Å². The number of rotatable bonds is 6. The fourth-order valence-electron chi connectivity index (χ4n) is 1.67. The largest absolute Gasteiger partial charge is 0.397 e. The number of hydrogen-bond donors (Lipinski definition) is 2. The highest BCUT2D eigenvalue weighted by Gasteiger charge is 2.09. The van der Waals surface area contributed by atoms with Gasteiger partial charge in [-0.15, -0.1) is 0 Å². The molecule has 0 atom stereocenters. The second-order valence-electron chi connectivity index (χ2n) is 4.26. The molecule has 0 saturated heterocycles. The number of aryl methyl sites for hydroxylation is 1. The molecule has 0 aliphatic rings. The Kier molecular flexibility index (Phi) is 5.45. The van der Waals surface area contributed by atoms with Gasteiger partial charge in [0.15, 0.2) is 0 Å². The second kappa shape index (κ2) is 6.86. The van der Waals surface area contributed by atoms with E-state index in [0.29, 0.717) is 18.8 Å². The first kappa shape index (κ1) is 14.3. The molecule has 5 heteroatoms. The van der Waals surface area contributed by atoms with Crippen LogP contribution in [-0.4, -0.2) is 39.8 Å². The van der Waals surface area contributed by atoms with Gasteiger partial charge < -0.3 is 20.7 Å². The van der Waals surface area contributed by atoms with Crippen molar-refractivity contribution >= 4 is 17.3 Å². The molecule has 0 unspecified atom stereocenters. The summed E-state index contributed by atoms with van der Waals surface area (Å²) in [5.74, 6) is -0.0467. The van der Waals surface area contributed by atoms with Crippen LogP contribution < -0.4 is 16.0 Å². The lowest BCUT2D eigenvalue weighted by molar-refractivity contribution is -0.119. The molecule has 3 N–H and O–H groups in total. The van der Waals surface area contributed by atoms with Gasteiger partial charge in [0, 0.05) is 20.7 Å². The molecule has 1 rings (SSSR count). The number of methoxy groups -OCH3 is 1. The van der Waals surface area contributed by atoms with E-state index in [0.717, 1.165) is 11.3 Å². The third kappa shape index (κ3) is 4.25. The van der Waals surface area contributed by atoms with Gasteiger partial charge in [-0.25, -0.2) is 0 Å². The van der Waals surface area contributed by atoms with E-state index in [-0.39, 0.29) is 12.5 Å². The van der Waals surface area contributed by atoms with Crippen molar-refractivity contribution in [2.24, 2.45) is 0 Å². The topological polar surface area (TPSA) is 67.6 Å². The predicted molar refractivity (Wildman–Crippen MR) is 73.7 cm³/mol. The molecule has 1 aromatic rings. The Morgan fingerprint density at radius 2 is 2.22 bits per heavy atom. The first-order chi connectivity index (χ1) is 8.54. The molecule has 0 heterocycles. The molecule has 100 valence electrons. The highest BCUT2D eigenvalue weighted by Crippen LogP contribution is 2.22. The molecule has 0 aliphatic carbocycles. The minimum atomic E-state index is -0.0467. The molecule has 0 aliphatic heterocycles. The maximum atomic E-state index is 11.6. The van der Waals surface area contributed by atoms with Crippen molar-refractivity contribution in [3.8, 4) is 0 Å². The fourth-order valence-corrected chi connectivity index (χ4v) is 1.67. The zero-order valence-electron chi connectivity index (χ0n) is 11.2. The molecule has 1 aromatic carbocycles. The Morgan fingerprint density at radius 3 is 2.83 bits per heavy atom. The SMILES string of the molecule is COCCNC(=O)CN(C)c1ccc(C)cc1N. The summed E-state index contributed by atoms with van der Waals surface area (Å²) < 4.78 is 4.87. The zero-order valence-corrected chi connectivity index (χ0v) is 11.2. The molecule has 18 heavy (non-hydrogen) atoms. The standard InChI is InChI=1S/C13H21N3O2/c1-10-4-5-12(11(14)8-10)16(2)9-13(17)15-6-7-18-3/h4-5,8H,6-7,9,14H2,1-3H3,(H,15,17). The summed E-state index contributed by atoms with van der Waals surface area (Å²) in [6.07, 6.45) is 0. The Labute approximate surface area is 108 Å². The first-order valence-electron chi connectivity index (χ1n) is 5.87. The van der Waals surface area contributed by atoms with E-state index in [1.807, 2.05) is 37.1 Å². The van der Waals surface area contributed by atoms with E-state index in [4.69, 9.17) is 10.5 Å². The van der Waals surface area contributed by atoms with E-state index < -0.39 is 0 Å². The number of amides is 1. The van der Waals surface area contributed by atoms with Gasteiger partial charge in [0.2, 0.25) is 5.91 Å². The lowest BCUT2D eigenvalue weighted by Gasteiger charge is -2.20. The molecule has 0 saturated carbocycles. The van der Waals surface area contributed by atoms with Crippen LogP contribution in [0.3, 0.4) is 0 Å². The minimum Gasteiger partial charge on any atom is -0.397 e. The summed E-state index contributed by atoms with van der Waals surface area (Å²) in [7, 11) is 3.45. The first-order valence-corrected chi connectivity index (χ1v) is 5.87. The van der Waals surface area contributed by atoms with Crippen LogP contribution in [0.25, 0.3) is 0 Å². The maximum absolute atomic E-state index is 11.6. The summed E-state index contributed by atoms with van der Waals surface area (Å²) in [6, 6.07) is 5.80. The maximum Gasteiger partial charge on any atom is 0.239 e. The van der Waals surface area contributed by atoms with Crippen molar-refractivity contribution < 1.29 is 9.53 Å². The van der Waals surface area contributed by atoms with E-state index in [9.17, 15) is 4.79 Å². The lowest BCUT2D eigenvalue weighted by Crippen LogP contribution is -2.36. The summed E-state index contributed by atoms with van der Waals surface area (Å²) in [5, 5.41) is 2.77. The van der Waals surface area contributed by atoms with Crippen molar-refractivity contribution in [1.82, 2.24) is 5.32 Å². The number of nitrogens with one attached hydrogen (secondary N) is 1. The summed E-state index contributed by atoms with van der Waals surface area (Å²) in [6.45, 7) is 3.29. The molecular formula is C13H21N3O2. The quantitative estimate of drug-likeness (QED) is 0.579. The number of benzene rings is 1. The van der Waals surface area contributed by atoms with Crippen LogP contribution in [0.1, 0.15) is 5.56 Å². The van der Waals surface area contributed by atoms with Crippen molar-refractivity contribution in [1.29, 1.82) is 0 Å². The molecule has 0 spiro atoms. The van der Waals surface area contributed by atoms with E-state index in [1.165, 1.54) is 0 Å². The van der Waals surface area contributed by atoms with E-state index in [1.54, 1.807) is 7.11 Å². The third-order valence-corrected chi connectivity index (χ3v) is 2.60. The van der Waals surface area contributed by atoms with Crippen molar-refractivity contribution in [3.63, 3.8) is 0 Å².